The molecule has 5 rings (SSSR count). The summed E-state index contributed by atoms with van der Waals surface area (Å²) in [6.45, 7) is 3.89. The van der Waals surface area contributed by atoms with E-state index in [2.05, 4.69) is 10.6 Å². The first kappa shape index (κ1) is 26.6. The first-order valence-corrected chi connectivity index (χ1v) is 13.3. The van der Waals surface area contributed by atoms with Gasteiger partial charge in [-0.3, -0.25) is 9.59 Å². The maximum Gasteiger partial charge on any atom is 0.254 e. The number of methoxy groups -OCH3 is 2. The highest BCUT2D eigenvalue weighted by atomic mass is 35.5. The molecule has 39 heavy (non-hydrogen) atoms. The van der Waals surface area contributed by atoms with E-state index in [1.165, 1.54) is 0 Å². The minimum Gasteiger partial charge on any atom is -0.493 e. The number of ether oxygens (including phenoxy) is 2. The van der Waals surface area contributed by atoms with E-state index in [1.54, 1.807) is 26.4 Å². The summed E-state index contributed by atoms with van der Waals surface area (Å²) in [5, 5.41) is 7.05. The van der Waals surface area contributed by atoms with Gasteiger partial charge < -0.3 is 20.1 Å². The average Bonchev–Trinajstić information content (AvgIpc) is 2.93. The van der Waals surface area contributed by atoms with Crippen molar-refractivity contribution in [1.29, 1.82) is 0 Å². The number of Topliss-reactive ketones (excluding diaryl/α,β-unsaturated/α-hetero) is 1. The van der Waals surface area contributed by atoms with Crippen LogP contribution in [0.5, 0.6) is 11.5 Å². The minimum atomic E-state index is -0.511. The zero-order valence-corrected chi connectivity index (χ0v) is 23.2. The molecule has 0 bridgehead atoms. The Bertz CT molecular complexity index is 1490. The number of carbonyl (C=O) groups excluding carboxylic acids is 2. The molecule has 2 atom stereocenters. The SMILES string of the molecule is COc1ccc([C@@H]2CC(=O)C3=C(C2)NC(C)=C(C(=O)Nc2ccc(C)cc2)[C@H]3c2ccc(Cl)cc2)cc1OC. The summed E-state index contributed by atoms with van der Waals surface area (Å²) in [6.07, 6.45) is 0.955. The molecule has 200 valence electrons. The van der Waals surface area contributed by atoms with Crippen LogP contribution in [0.1, 0.15) is 48.3 Å². The van der Waals surface area contributed by atoms with Crippen LogP contribution in [0.15, 0.2) is 89.3 Å². The second kappa shape index (κ2) is 11.0. The Morgan fingerprint density at radius 2 is 1.56 bits per heavy atom. The van der Waals surface area contributed by atoms with Crippen molar-refractivity contribution in [3.8, 4) is 11.5 Å². The van der Waals surface area contributed by atoms with Gasteiger partial charge >= 0.3 is 0 Å². The number of ketones is 1. The molecule has 0 radical (unpaired) electrons. The fourth-order valence-electron chi connectivity index (χ4n) is 5.51. The van der Waals surface area contributed by atoms with Crippen molar-refractivity contribution in [2.24, 2.45) is 0 Å². The molecule has 2 N–H and O–H groups in total. The lowest BCUT2D eigenvalue weighted by molar-refractivity contribution is -0.116. The van der Waals surface area contributed by atoms with Gasteiger partial charge in [-0.2, -0.15) is 0 Å². The van der Waals surface area contributed by atoms with Crippen LogP contribution >= 0.6 is 11.6 Å². The van der Waals surface area contributed by atoms with Crippen LogP contribution in [0.3, 0.4) is 0 Å². The fraction of sp³-hybridized carbons (Fsp3) is 0.250. The van der Waals surface area contributed by atoms with Crippen molar-refractivity contribution in [3.63, 3.8) is 0 Å². The molecule has 3 aromatic rings. The second-order valence-corrected chi connectivity index (χ2v) is 10.4. The van der Waals surface area contributed by atoms with Gasteiger partial charge in [0.1, 0.15) is 0 Å². The van der Waals surface area contributed by atoms with Crippen LogP contribution in [0, 0.1) is 6.92 Å². The molecule has 3 aromatic carbocycles. The second-order valence-electron chi connectivity index (χ2n) is 10.0. The molecule has 7 heteroatoms. The standard InChI is InChI=1S/C32H31ClN2O4/c1-18-5-12-24(13-6-18)35-32(37)29-19(2)34-25-15-22(21-9-14-27(38-3)28(17-21)39-4)16-26(36)31(25)30(29)20-7-10-23(33)11-8-20/h5-14,17,22,30,34H,15-16H2,1-4H3,(H,35,37)/t22-,30+/m0/s1. The number of allylic oxidation sites excluding steroid dienone is 3. The third kappa shape index (κ3) is 5.30. The number of anilines is 1. The number of amides is 1. The third-order valence-corrected chi connectivity index (χ3v) is 7.72. The molecule has 0 saturated heterocycles. The van der Waals surface area contributed by atoms with Gasteiger partial charge in [0.25, 0.3) is 5.91 Å². The van der Waals surface area contributed by atoms with Gasteiger partial charge in [0, 0.05) is 45.6 Å². The lowest BCUT2D eigenvalue weighted by Crippen LogP contribution is -2.37. The summed E-state index contributed by atoms with van der Waals surface area (Å²) in [5.74, 6) is 0.490. The molecular formula is C32H31ClN2O4. The summed E-state index contributed by atoms with van der Waals surface area (Å²) in [6, 6.07) is 20.8. The first-order chi connectivity index (χ1) is 18.8. The monoisotopic (exact) mass is 542 g/mol. The van der Waals surface area contributed by atoms with Crippen LogP contribution < -0.4 is 20.1 Å². The predicted molar refractivity (Wildman–Crippen MR) is 153 cm³/mol. The average molecular weight is 543 g/mol. The van der Waals surface area contributed by atoms with Crippen molar-refractivity contribution in [2.75, 3.05) is 19.5 Å². The van der Waals surface area contributed by atoms with E-state index in [0.717, 1.165) is 28.1 Å². The molecular weight excluding hydrogens is 512 g/mol. The quantitative estimate of drug-likeness (QED) is 0.364. The van der Waals surface area contributed by atoms with Crippen molar-refractivity contribution in [3.05, 3.63) is 111 Å². The van der Waals surface area contributed by atoms with Crippen molar-refractivity contribution in [2.45, 2.75) is 38.5 Å². The molecule has 1 amide bonds. The lowest BCUT2D eigenvalue weighted by atomic mass is 9.71. The van der Waals surface area contributed by atoms with E-state index in [-0.39, 0.29) is 17.6 Å². The predicted octanol–water partition coefficient (Wildman–Crippen LogP) is 6.67. The van der Waals surface area contributed by atoms with Crippen LogP contribution in [0.25, 0.3) is 0 Å². The summed E-state index contributed by atoms with van der Waals surface area (Å²) in [5.41, 5.74) is 6.37. The molecule has 0 unspecified atom stereocenters. The Labute approximate surface area is 233 Å². The van der Waals surface area contributed by atoms with E-state index in [4.69, 9.17) is 21.1 Å². The van der Waals surface area contributed by atoms with Crippen LogP contribution in [-0.2, 0) is 9.59 Å². The minimum absolute atomic E-state index is 0.0108. The van der Waals surface area contributed by atoms with E-state index in [1.807, 2.05) is 68.4 Å². The Hall–Kier alpha value is -4.03. The maximum atomic E-state index is 13.9. The molecule has 1 heterocycles. The van der Waals surface area contributed by atoms with Crippen LogP contribution in [-0.4, -0.2) is 25.9 Å². The smallest absolute Gasteiger partial charge is 0.254 e. The molecule has 0 saturated carbocycles. The highest BCUT2D eigenvalue weighted by molar-refractivity contribution is 6.30. The van der Waals surface area contributed by atoms with Gasteiger partial charge in [-0.1, -0.05) is 47.5 Å². The van der Waals surface area contributed by atoms with E-state index in [0.29, 0.717) is 46.2 Å². The number of rotatable bonds is 6. The molecule has 1 aliphatic carbocycles. The van der Waals surface area contributed by atoms with E-state index >= 15 is 0 Å². The summed E-state index contributed by atoms with van der Waals surface area (Å²) < 4.78 is 10.9. The highest BCUT2D eigenvalue weighted by Crippen LogP contribution is 2.46. The number of halogens is 1. The number of hydrogen-bond acceptors (Lipinski definition) is 5. The highest BCUT2D eigenvalue weighted by Gasteiger charge is 2.41. The van der Waals surface area contributed by atoms with Crippen LogP contribution in [0.2, 0.25) is 5.02 Å². The van der Waals surface area contributed by atoms with Crippen molar-refractivity contribution < 1.29 is 19.1 Å². The fourth-order valence-corrected chi connectivity index (χ4v) is 5.63. The van der Waals surface area contributed by atoms with Crippen molar-refractivity contribution >= 4 is 29.0 Å². The molecule has 0 fully saturated rings. The van der Waals surface area contributed by atoms with Gasteiger partial charge in [-0.25, -0.2) is 0 Å². The van der Waals surface area contributed by atoms with E-state index < -0.39 is 5.92 Å². The summed E-state index contributed by atoms with van der Waals surface area (Å²) in [4.78, 5) is 27.6. The number of dihydropyridines is 1. The van der Waals surface area contributed by atoms with Gasteiger partial charge in [0.05, 0.1) is 14.2 Å². The van der Waals surface area contributed by atoms with Crippen molar-refractivity contribution in [1.82, 2.24) is 5.32 Å². The van der Waals surface area contributed by atoms with Gasteiger partial charge in [-0.05, 0) is 73.7 Å². The van der Waals surface area contributed by atoms with Gasteiger partial charge in [0.2, 0.25) is 0 Å². The third-order valence-electron chi connectivity index (χ3n) is 7.46. The molecule has 6 nitrogen and oxygen atoms in total. The topological polar surface area (TPSA) is 76.7 Å². The van der Waals surface area contributed by atoms with Gasteiger partial charge in [0.15, 0.2) is 17.3 Å². The zero-order valence-electron chi connectivity index (χ0n) is 22.4. The summed E-state index contributed by atoms with van der Waals surface area (Å²) >= 11 is 6.20. The maximum absolute atomic E-state index is 13.9. The Kier molecular flexibility index (Phi) is 7.49. The lowest BCUT2D eigenvalue weighted by Gasteiger charge is -2.37. The van der Waals surface area contributed by atoms with E-state index in [9.17, 15) is 9.59 Å². The summed E-state index contributed by atoms with van der Waals surface area (Å²) in [7, 11) is 3.20. The normalized spacial score (nSPS) is 18.8. The number of hydrogen-bond donors (Lipinski definition) is 2. The largest absolute Gasteiger partial charge is 0.493 e. The van der Waals surface area contributed by atoms with Crippen LogP contribution in [0.4, 0.5) is 5.69 Å². The zero-order chi connectivity index (χ0) is 27.7. The number of aryl methyl sites for hydroxylation is 1. The number of benzene rings is 3. The number of carbonyl (C=O) groups is 2. The molecule has 2 aliphatic rings. The Morgan fingerprint density at radius 1 is 0.897 bits per heavy atom. The number of nitrogens with one attached hydrogen (secondary N) is 2. The molecule has 0 aromatic heterocycles. The first-order valence-electron chi connectivity index (χ1n) is 12.9. The molecule has 1 aliphatic heterocycles. The van der Waals surface area contributed by atoms with Gasteiger partial charge in [-0.15, -0.1) is 0 Å². The Balaban J connectivity index is 1.53. The molecule has 0 spiro atoms. The Morgan fingerprint density at radius 3 is 2.23 bits per heavy atom.